The van der Waals surface area contributed by atoms with Crippen LogP contribution in [0, 0.1) is 0 Å². The maximum atomic E-state index is 9.98. The van der Waals surface area contributed by atoms with Gasteiger partial charge in [-0.15, -0.1) is 0 Å². The Bertz CT molecular complexity index is 261. The first kappa shape index (κ1) is 9.93. The second-order valence-corrected chi connectivity index (χ2v) is 2.86. The molecule has 0 heterocycles. The molecule has 1 rings (SSSR count). The number of nitrogens with one attached hydrogen (secondary N) is 1. The van der Waals surface area contributed by atoms with E-state index in [1.54, 1.807) is 0 Å². The van der Waals surface area contributed by atoms with Crippen LogP contribution in [0.4, 0.5) is 5.69 Å². The van der Waals surface area contributed by atoms with E-state index < -0.39 is 0 Å². The van der Waals surface area contributed by atoms with Gasteiger partial charge in [0.2, 0.25) is 0 Å². The SMILES string of the molecule is Nc1ccc(CCNCB=O)cc1. The molecule has 0 fully saturated rings. The van der Waals surface area contributed by atoms with Crippen LogP contribution in [0.5, 0.6) is 0 Å². The third-order valence-electron chi connectivity index (χ3n) is 1.80. The number of nitrogen functional groups attached to an aromatic ring is 1. The fourth-order valence-corrected chi connectivity index (χ4v) is 1.08. The number of benzene rings is 1. The molecular formula is C9H13BN2O. The number of hydrogen-bond acceptors (Lipinski definition) is 3. The first-order valence-corrected chi connectivity index (χ1v) is 4.31. The summed E-state index contributed by atoms with van der Waals surface area (Å²) in [5.41, 5.74) is 7.55. The minimum absolute atomic E-state index is 0.426. The Hall–Kier alpha value is -1.16. The van der Waals surface area contributed by atoms with E-state index in [1.165, 1.54) is 5.56 Å². The van der Waals surface area contributed by atoms with Crippen LogP contribution in [-0.2, 0) is 11.1 Å². The quantitative estimate of drug-likeness (QED) is 0.388. The van der Waals surface area contributed by atoms with Crippen molar-refractivity contribution in [2.45, 2.75) is 6.42 Å². The van der Waals surface area contributed by atoms with Crippen molar-refractivity contribution in [3.05, 3.63) is 29.8 Å². The van der Waals surface area contributed by atoms with Crippen LogP contribution >= 0.6 is 0 Å². The van der Waals surface area contributed by atoms with Gasteiger partial charge in [0.25, 0.3) is 0 Å². The van der Waals surface area contributed by atoms with Gasteiger partial charge in [-0.3, -0.25) is 0 Å². The Labute approximate surface area is 78.6 Å². The topological polar surface area (TPSA) is 55.1 Å². The molecule has 0 spiro atoms. The summed E-state index contributed by atoms with van der Waals surface area (Å²) in [5.74, 6) is 0. The van der Waals surface area contributed by atoms with Crippen LogP contribution in [0.3, 0.4) is 0 Å². The fraction of sp³-hybridized carbons (Fsp3) is 0.333. The van der Waals surface area contributed by atoms with Gasteiger partial charge in [-0.1, -0.05) is 0 Å². The summed E-state index contributed by atoms with van der Waals surface area (Å²) in [7, 11) is 0.864. The van der Waals surface area contributed by atoms with Crippen molar-refractivity contribution in [3.8, 4) is 0 Å². The van der Waals surface area contributed by atoms with E-state index in [1.807, 2.05) is 24.3 Å². The van der Waals surface area contributed by atoms with E-state index in [0.717, 1.165) is 25.8 Å². The minimum atomic E-state index is 0.426. The van der Waals surface area contributed by atoms with Crippen LogP contribution in [0.2, 0.25) is 0 Å². The number of hydrogen-bond donors (Lipinski definition) is 2. The number of nitrogens with two attached hydrogens (primary N) is 1. The zero-order valence-corrected chi connectivity index (χ0v) is 7.49. The molecule has 0 atom stereocenters. The molecule has 0 amide bonds. The maximum absolute atomic E-state index is 9.98. The third-order valence-corrected chi connectivity index (χ3v) is 1.80. The first-order valence-electron chi connectivity index (χ1n) is 4.31. The molecule has 13 heavy (non-hydrogen) atoms. The van der Waals surface area contributed by atoms with Crippen molar-refractivity contribution in [1.82, 2.24) is 5.32 Å². The van der Waals surface area contributed by atoms with Crippen molar-refractivity contribution < 1.29 is 4.70 Å². The Morgan fingerprint density at radius 3 is 2.62 bits per heavy atom. The molecule has 0 unspecified atom stereocenters. The van der Waals surface area contributed by atoms with Crippen LogP contribution in [0.25, 0.3) is 0 Å². The van der Waals surface area contributed by atoms with Gasteiger partial charge in [-0.2, -0.15) is 0 Å². The third kappa shape index (κ3) is 3.85. The van der Waals surface area contributed by atoms with Crippen molar-refractivity contribution in [1.29, 1.82) is 0 Å². The molecule has 0 bridgehead atoms. The van der Waals surface area contributed by atoms with Gasteiger partial charge in [-0.05, 0) is 0 Å². The van der Waals surface area contributed by atoms with E-state index in [2.05, 4.69) is 5.32 Å². The van der Waals surface area contributed by atoms with Gasteiger partial charge in [0.05, 0.1) is 0 Å². The van der Waals surface area contributed by atoms with Gasteiger partial charge >= 0.3 is 77.8 Å². The second-order valence-electron chi connectivity index (χ2n) is 2.86. The Balaban J connectivity index is 2.28. The summed E-state index contributed by atoms with van der Waals surface area (Å²) in [5, 5.41) is 3.00. The Morgan fingerprint density at radius 1 is 1.31 bits per heavy atom. The molecular weight excluding hydrogens is 163 g/mol. The summed E-state index contributed by atoms with van der Waals surface area (Å²) < 4.78 is 9.98. The summed E-state index contributed by atoms with van der Waals surface area (Å²) >= 11 is 0. The zero-order valence-electron chi connectivity index (χ0n) is 7.49. The molecule has 1 aromatic carbocycles. The monoisotopic (exact) mass is 176 g/mol. The molecule has 3 N–H and O–H groups in total. The van der Waals surface area contributed by atoms with Crippen molar-refractivity contribution >= 4 is 12.8 Å². The van der Waals surface area contributed by atoms with Gasteiger partial charge < -0.3 is 0 Å². The van der Waals surface area contributed by atoms with Gasteiger partial charge in [-0.25, -0.2) is 0 Å². The fourth-order valence-electron chi connectivity index (χ4n) is 1.08. The van der Waals surface area contributed by atoms with Crippen molar-refractivity contribution in [2.75, 3.05) is 18.7 Å². The molecule has 4 heteroatoms. The van der Waals surface area contributed by atoms with Gasteiger partial charge in [0, 0.05) is 0 Å². The molecule has 0 aliphatic rings. The van der Waals surface area contributed by atoms with Crippen LogP contribution < -0.4 is 11.1 Å². The van der Waals surface area contributed by atoms with E-state index in [9.17, 15) is 4.70 Å². The average Bonchev–Trinajstić information content (AvgIpc) is 2.15. The van der Waals surface area contributed by atoms with Gasteiger partial charge in [0.1, 0.15) is 0 Å². The summed E-state index contributed by atoms with van der Waals surface area (Å²) in [6.45, 7) is 0.822. The number of rotatable bonds is 5. The molecule has 0 aliphatic carbocycles. The van der Waals surface area contributed by atoms with Crippen LogP contribution in [-0.4, -0.2) is 20.1 Å². The van der Waals surface area contributed by atoms with Gasteiger partial charge in [0.15, 0.2) is 0 Å². The standard InChI is InChI=1S/C9H13BN2O/c11-9-3-1-8(2-4-9)5-6-12-7-10-13/h1-4,12H,5-7,11H2. The first-order chi connectivity index (χ1) is 6.33. The van der Waals surface area contributed by atoms with Crippen LogP contribution in [0.1, 0.15) is 5.56 Å². The van der Waals surface area contributed by atoms with E-state index in [0.29, 0.717) is 6.44 Å². The number of anilines is 1. The molecule has 3 nitrogen and oxygen atoms in total. The zero-order chi connectivity index (χ0) is 9.52. The summed E-state index contributed by atoms with van der Waals surface area (Å²) in [4.78, 5) is 0. The molecule has 0 aliphatic heterocycles. The molecule has 0 aromatic heterocycles. The summed E-state index contributed by atoms with van der Waals surface area (Å²) in [6, 6.07) is 7.76. The van der Waals surface area contributed by atoms with E-state index in [-0.39, 0.29) is 0 Å². The van der Waals surface area contributed by atoms with E-state index in [4.69, 9.17) is 5.73 Å². The normalized spacial score (nSPS) is 9.54. The molecule has 1 aromatic rings. The molecule has 0 saturated carbocycles. The van der Waals surface area contributed by atoms with Crippen molar-refractivity contribution in [3.63, 3.8) is 0 Å². The second kappa shape index (κ2) is 5.48. The summed E-state index contributed by atoms with van der Waals surface area (Å²) in [6.07, 6.45) is 1.35. The predicted molar refractivity (Wildman–Crippen MR) is 53.9 cm³/mol. The average molecular weight is 176 g/mol. The predicted octanol–water partition coefficient (Wildman–Crippen LogP) is 0.408. The Morgan fingerprint density at radius 2 is 2.00 bits per heavy atom. The Kier molecular flexibility index (Phi) is 4.19. The molecule has 68 valence electrons. The van der Waals surface area contributed by atoms with E-state index >= 15 is 0 Å². The van der Waals surface area contributed by atoms with Crippen LogP contribution in [0.15, 0.2) is 24.3 Å². The molecule has 0 radical (unpaired) electrons. The van der Waals surface area contributed by atoms with Crippen molar-refractivity contribution in [2.24, 2.45) is 0 Å². The molecule has 0 saturated heterocycles.